The average molecular weight is 251 g/mol. The summed E-state index contributed by atoms with van der Waals surface area (Å²) in [6.45, 7) is 1.90. The fourth-order valence-electron chi connectivity index (χ4n) is 2.16. The first kappa shape index (κ1) is 12.5. The molecule has 0 bridgehead atoms. The summed E-state index contributed by atoms with van der Waals surface area (Å²) >= 11 is 0. The van der Waals surface area contributed by atoms with E-state index < -0.39 is 17.3 Å². The van der Waals surface area contributed by atoms with Gasteiger partial charge in [0.2, 0.25) is 5.91 Å². The molecule has 1 amide bonds. The number of aliphatic carboxylic acids is 1. The molecule has 18 heavy (non-hydrogen) atoms. The van der Waals surface area contributed by atoms with Gasteiger partial charge < -0.3 is 10.0 Å². The molecule has 0 aliphatic carbocycles. The third-order valence-corrected chi connectivity index (χ3v) is 3.39. The Morgan fingerprint density at radius 3 is 2.56 bits per heavy atom. The average Bonchev–Trinajstić information content (AvgIpc) is 2.34. The Morgan fingerprint density at radius 2 is 2.00 bits per heavy atom. The first-order valence-electron chi connectivity index (χ1n) is 5.76. The third kappa shape index (κ3) is 1.96. The Kier molecular flexibility index (Phi) is 3.07. The molecule has 4 nitrogen and oxygen atoms in total. The predicted molar refractivity (Wildman–Crippen MR) is 63.7 cm³/mol. The molecule has 1 heterocycles. The number of piperidine rings is 1. The topological polar surface area (TPSA) is 57.6 Å². The second kappa shape index (κ2) is 4.40. The van der Waals surface area contributed by atoms with E-state index >= 15 is 0 Å². The molecule has 5 heteroatoms. The number of carboxylic acid groups (broad SMARTS) is 1. The van der Waals surface area contributed by atoms with Crippen molar-refractivity contribution in [2.75, 3.05) is 11.4 Å². The minimum atomic E-state index is -1.38. The van der Waals surface area contributed by atoms with Crippen molar-refractivity contribution in [3.63, 3.8) is 0 Å². The highest BCUT2D eigenvalue weighted by Crippen LogP contribution is 2.33. The molecule has 96 valence electrons. The normalized spacial score (nSPS) is 24.1. The van der Waals surface area contributed by atoms with Gasteiger partial charge in [0.05, 0.1) is 0 Å². The summed E-state index contributed by atoms with van der Waals surface area (Å²) in [5, 5.41) is 9.17. The highest BCUT2D eigenvalue weighted by Gasteiger charge is 2.46. The van der Waals surface area contributed by atoms with Crippen LogP contribution in [-0.4, -0.2) is 23.5 Å². The molecule has 1 aromatic rings. The van der Waals surface area contributed by atoms with E-state index in [1.807, 2.05) is 0 Å². The molecule has 1 saturated heterocycles. The number of carboxylic acids is 1. The zero-order valence-electron chi connectivity index (χ0n) is 10.0. The fraction of sp³-hybridized carbons (Fsp3) is 0.385. The first-order valence-corrected chi connectivity index (χ1v) is 5.76. The molecule has 0 saturated carbocycles. The lowest BCUT2D eigenvalue weighted by Gasteiger charge is -2.36. The van der Waals surface area contributed by atoms with Gasteiger partial charge in [0, 0.05) is 12.2 Å². The predicted octanol–water partition coefficient (Wildman–Crippen LogP) is 2.04. The molecule has 1 N–H and O–H groups in total. The molecule has 2 rings (SSSR count). The number of carbonyl (C=O) groups is 2. The van der Waals surface area contributed by atoms with Crippen molar-refractivity contribution < 1.29 is 19.1 Å². The molecule has 0 radical (unpaired) electrons. The number of nitrogens with zero attached hydrogens (tertiary/aromatic N) is 1. The van der Waals surface area contributed by atoms with Gasteiger partial charge in [-0.2, -0.15) is 0 Å². The van der Waals surface area contributed by atoms with Gasteiger partial charge in [0.1, 0.15) is 11.2 Å². The van der Waals surface area contributed by atoms with Gasteiger partial charge in [-0.3, -0.25) is 9.59 Å². The Hall–Kier alpha value is -1.91. The van der Waals surface area contributed by atoms with E-state index in [1.54, 1.807) is 0 Å². The maximum absolute atomic E-state index is 12.8. The maximum Gasteiger partial charge on any atom is 0.318 e. The Balaban J connectivity index is 2.32. The quantitative estimate of drug-likeness (QED) is 0.818. The number of anilines is 1. The summed E-state index contributed by atoms with van der Waals surface area (Å²) in [5.41, 5.74) is -0.847. The van der Waals surface area contributed by atoms with E-state index in [0.29, 0.717) is 25.1 Å². The molecule has 1 aromatic carbocycles. The highest BCUT2D eigenvalue weighted by atomic mass is 19.1. The molecule has 1 atom stereocenters. The molecule has 1 aliphatic heterocycles. The van der Waals surface area contributed by atoms with Crippen LogP contribution in [0.1, 0.15) is 19.8 Å². The summed E-state index contributed by atoms with van der Waals surface area (Å²) in [5.74, 6) is -1.93. The lowest BCUT2D eigenvalue weighted by Crippen LogP contribution is -2.51. The van der Waals surface area contributed by atoms with Crippen LogP contribution in [0.4, 0.5) is 10.1 Å². The Labute approximate surface area is 104 Å². The van der Waals surface area contributed by atoms with Crippen LogP contribution < -0.4 is 4.90 Å². The number of hydrogen-bond donors (Lipinski definition) is 1. The number of amides is 1. The minimum absolute atomic E-state index is 0.332. The van der Waals surface area contributed by atoms with Gasteiger partial charge in [-0.25, -0.2) is 4.39 Å². The van der Waals surface area contributed by atoms with Gasteiger partial charge >= 0.3 is 5.97 Å². The van der Waals surface area contributed by atoms with Crippen molar-refractivity contribution in [2.45, 2.75) is 19.8 Å². The minimum Gasteiger partial charge on any atom is -0.480 e. The summed E-state index contributed by atoms with van der Waals surface area (Å²) < 4.78 is 12.8. The maximum atomic E-state index is 12.8. The van der Waals surface area contributed by atoms with Crippen molar-refractivity contribution in [1.82, 2.24) is 0 Å². The smallest absolute Gasteiger partial charge is 0.318 e. The Morgan fingerprint density at radius 1 is 1.39 bits per heavy atom. The second-order valence-corrected chi connectivity index (χ2v) is 4.67. The van der Waals surface area contributed by atoms with Crippen molar-refractivity contribution in [3.05, 3.63) is 30.1 Å². The SMILES string of the molecule is CC1(C(=O)O)CCCN(c2ccc(F)cc2)C1=O. The van der Waals surface area contributed by atoms with Crippen LogP contribution in [0.5, 0.6) is 0 Å². The summed E-state index contributed by atoms with van der Waals surface area (Å²) in [6, 6.07) is 5.49. The van der Waals surface area contributed by atoms with Crippen molar-refractivity contribution in [3.8, 4) is 0 Å². The monoisotopic (exact) mass is 251 g/mol. The van der Waals surface area contributed by atoms with E-state index in [0.717, 1.165) is 0 Å². The summed E-state index contributed by atoms with van der Waals surface area (Å²) in [6.07, 6.45) is 0.949. The standard InChI is InChI=1S/C13H14FNO3/c1-13(12(17)18)7-2-8-15(11(13)16)10-5-3-9(14)4-6-10/h3-6H,2,7-8H2,1H3,(H,17,18). The molecule has 1 aliphatic rings. The van der Waals surface area contributed by atoms with Gasteiger partial charge in [0.25, 0.3) is 0 Å². The zero-order valence-corrected chi connectivity index (χ0v) is 10.0. The van der Waals surface area contributed by atoms with Crippen LogP contribution in [0.3, 0.4) is 0 Å². The Bertz CT molecular complexity index is 486. The summed E-state index contributed by atoms with van der Waals surface area (Å²) in [7, 11) is 0. The van der Waals surface area contributed by atoms with Crippen molar-refractivity contribution in [2.24, 2.45) is 5.41 Å². The van der Waals surface area contributed by atoms with E-state index in [4.69, 9.17) is 5.11 Å². The number of hydrogen-bond acceptors (Lipinski definition) is 2. The zero-order chi connectivity index (χ0) is 13.3. The summed E-state index contributed by atoms with van der Waals surface area (Å²) in [4.78, 5) is 24.8. The first-order chi connectivity index (χ1) is 8.45. The van der Waals surface area contributed by atoms with E-state index in [2.05, 4.69) is 0 Å². The van der Waals surface area contributed by atoms with Crippen LogP contribution in [0.2, 0.25) is 0 Å². The molecular formula is C13H14FNO3. The number of benzene rings is 1. The third-order valence-electron chi connectivity index (χ3n) is 3.39. The van der Waals surface area contributed by atoms with Crippen molar-refractivity contribution in [1.29, 1.82) is 0 Å². The van der Waals surface area contributed by atoms with Gasteiger partial charge in [-0.05, 0) is 44.0 Å². The lowest BCUT2D eigenvalue weighted by atomic mass is 9.81. The highest BCUT2D eigenvalue weighted by molar-refractivity contribution is 6.09. The van der Waals surface area contributed by atoms with Crippen molar-refractivity contribution >= 4 is 17.6 Å². The number of rotatable bonds is 2. The van der Waals surface area contributed by atoms with Crippen LogP contribution in [0.15, 0.2) is 24.3 Å². The fourth-order valence-corrected chi connectivity index (χ4v) is 2.16. The van der Waals surface area contributed by atoms with Crippen LogP contribution in [-0.2, 0) is 9.59 Å². The van der Waals surface area contributed by atoms with Gasteiger partial charge in [-0.15, -0.1) is 0 Å². The molecule has 1 fully saturated rings. The van der Waals surface area contributed by atoms with Gasteiger partial charge in [0.15, 0.2) is 0 Å². The number of carbonyl (C=O) groups excluding carboxylic acids is 1. The molecule has 0 spiro atoms. The lowest BCUT2D eigenvalue weighted by molar-refractivity contribution is -0.155. The second-order valence-electron chi connectivity index (χ2n) is 4.67. The molecule has 0 aromatic heterocycles. The number of halogens is 1. The molecular weight excluding hydrogens is 237 g/mol. The van der Waals surface area contributed by atoms with Crippen LogP contribution in [0, 0.1) is 11.2 Å². The van der Waals surface area contributed by atoms with Gasteiger partial charge in [-0.1, -0.05) is 0 Å². The van der Waals surface area contributed by atoms with E-state index in [1.165, 1.54) is 36.1 Å². The molecule has 1 unspecified atom stereocenters. The van der Waals surface area contributed by atoms with E-state index in [9.17, 15) is 14.0 Å². The van der Waals surface area contributed by atoms with Crippen LogP contribution >= 0.6 is 0 Å². The van der Waals surface area contributed by atoms with Crippen LogP contribution in [0.25, 0.3) is 0 Å². The largest absolute Gasteiger partial charge is 0.480 e. The van der Waals surface area contributed by atoms with E-state index in [-0.39, 0.29) is 5.82 Å².